The molecule has 0 radical (unpaired) electrons. The zero-order chi connectivity index (χ0) is 18.8. The Bertz CT molecular complexity index is 944. The second-order valence-corrected chi connectivity index (χ2v) is 12.2. The molecule has 0 heterocycles. The molecule has 0 unspecified atom stereocenters. The van der Waals surface area contributed by atoms with Crippen LogP contribution in [0.3, 0.4) is 0 Å². The van der Waals surface area contributed by atoms with Gasteiger partial charge in [-0.3, -0.25) is 0 Å². The zero-order valence-electron chi connectivity index (χ0n) is 15.3. The summed E-state index contributed by atoms with van der Waals surface area (Å²) in [6.45, 7) is -0.756. The molecule has 0 nitrogen and oxygen atoms in total. The first-order chi connectivity index (χ1) is 13.1. The molecule has 27 heavy (non-hydrogen) atoms. The molecule has 0 saturated heterocycles. The third-order valence-corrected chi connectivity index (χ3v) is 12.0. The second kappa shape index (κ2) is 6.76. The van der Waals surface area contributed by atoms with Crippen molar-refractivity contribution < 1.29 is 4.39 Å². The Balaban J connectivity index is 2.24. The third-order valence-electron chi connectivity index (χ3n) is 5.66. The standard InChI is InChI=1S/C25H22FP/c1-27(22-13-5-2-6-14-22,23-15-7-3-8-16-23,24-17-9-4-10-18-24)25-19-11-12-21(26)20-25/h2-20H,1H3. The van der Waals surface area contributed by atoms with Gasteiger partial charge in [-0.25, -0.2) is 0 Å². The predicted molar refractivity (Wildman–Crippen MR) is 117 cm³/mol. The van der Waals surface area contributed by atoms with Crippen molar-refractivity contribution in [3.8, 4) is 0 Å². The number of halogens is 1. The summed E-state index contributed by atoms with van der Waals surface area (Å²) in [7, 11) is 0. The van der Waals surface area contributed by atoms with E-state index in [-0.39, 0.29) is 5.82 Å². The SMILES string of the molecule is CP(c1ccccc1)(c1ccccc1)(c1ccccc1)c1cccc(F)c1. The minimum absolute atomic E-state index is 0.203. The molecule has 0 aromatic heterocycles. The molecule has 4 rings (SSSR count). The molecule has 2 heteroatoms. The number of rotatable bonds is 4. The Morgan fingerprint density at radius 1 is 0.481 bits per heavy atom. The van der Waals surface area contributed by atoms with Crippen molar-refractivity contribution in [2.45, 2.75) is 0 Å². The molecule has 4 aromatic rings. The van der Waals surface area contributed by atoms with Crippen molar-refractivity contribution in [2.24, 2.45) is 0 Å². The van der Waals surface area contributed by atoms with Gasteiger partial charge >= 0.3 is 160 Å². The van der Waals surface area contributed by atoms with E-state index in [1.54, 1.807) is 6.07 Å². The molecule has 0 bridgehead atoms. The van der Waals surface area contributed by atoms with Crippen LogP contribution in [0.5, 0.6) is 0 Å². The summed E-state index contributed by atoms with van der Waals surface area (Å²) in [6, 6.07) is 38.8. The van der Waals surface area contributed by atoms with Gasteiger partial charge in [-0.15, -0.1) is 0 Å². The molecule has 0 N–H and O–H groups in total. The van der Waals surface area contributed by atoms with Gasteiger partial charge in [-0.1, -0.05) is 0 Å². The molecule has 0 aliphatic carbocycles. The van der Waals surface area contributed by atoms with Gasteiger partial charge in [-0.2, -0.15) is 0 Å². The van der Waals surface area contributed by atoms with Crippen molar-refractivity contribution in [3.63, 3.8) is 0 Å². The van der Waals surface area contributed by atoms with Gasteiger partial charge in [0, 0.05) is 0 Å². The summed E-state index contributed by atoms with van der Waals surface area (Å²) < 4.78 is 14.4. The van der Waals surface area contributed by atoms with Gasteiger partial charge in [0.15, 0.2) is 0 Å². The molecule has 0 saturated carbocycles. The first kappa shape index (κ1) is 17.6. The summed E-state index contributed by atoms with van der Waals surface area (Å²) in [5.41, 5.74) is 0. The zero-order valence-corrected chi connectivity index (χ0v) is 16.2. The van der Waals surface area contributed by atoms with E-state index in [1.165, 1.54) is 22.0 Å². The Morgan fingerprint density at radius 3 is 1.22 bits per heavy atom. The number of hydrogen-bond acceptors (Lipinski definition) is 0. The van der Waals surface area contributed by atoms with E-state index in [0.29, 0.717) is 0 Å². The molecule has 0 atom stereocenters. The van der Waals surface area contributed by atoms with E-state index in [1.807, 2.05) is 24.3 Å². The van der Waals surface area contributed by atoms with Crippen LogP contribution >= 0.6 is 6.60 Å². The topological polar surface area (TPSA) is 0 Å². The van der Waals surface area contributed by atoms with Crippen LogP contribution in [0.25, 0.3) is 0 Å². The molecule has 0 amide bonds. The molecule has 0 fully saturated rings. The first-order valence-electron chi connectivity index (χ1n) is 9.08. The van der Waals surface area contributed by atoms with Crippen LogP contribution in [0.4, 0.5) is 4.39 Å². The van der Waals surface area contributed by atoms with Gasteiger partial charge in [-0.05, 0) is 0 Å². The average molecular weight is 372 g/mol. The van der Waals surface area contributed by atoms with Gasteiger partial charge in [0.2, 0.25) is 0 Å². The van der Waals surface area contributed by atoms with Gasteiger partial charge in [0.25, 0.3) is 0 Å². The molecular formula is C25H22FP. The summed E-state index contributed by atoms with van der Waals surface area (Å²) in [6.07, 6.45) is 0. The summed E-state index contributed by atoms with van der Waals surface area (Å²) in [4.78, 5) is 0. The van der Waals surface area contributed by atoms with Gasteiger partial charge in [0.1, 0.15) is 0 Å². The van der Waals surface area contributed by atoms with Crippen LogP contribution in [0, 0.1) is 5.82 Å². The fraction of sp³-hybridized carbons (Fsp3) is 0.0400. The van der Waals surface area contributed by atoms with Crippen LogP contribution in [-0.4, -0.2) is 6.66 Å². The van der Waals surface area contributed by atoms with Crippen LogP contribution in [0.15, 0.2) is 115 Å². The van der Waals surface area contributed by atoms with E-state index < -0.39 is 6.60 Å². The molecule has 4 aromatic carbocycles. The predicted octanol–water partition coefficient (Wildman–Crippen LogP) is 4.61. The molecule has 0 spiro atoms. The quantitative estimate of drug-likeness (QED) is 0.459. The Morgan fingerprint density at radius 2 is 0.852 bits per heavy atom. The summed E-state index contributed by atoms with van der Waals surface area (Å²) >= 11 is 0. The molecule has 134 valence electrons. The Hall–Kier alpha value is -2.76. The monoisotopic (exact) mass is 372 g/mol. The first-order valence-corrected chi connectivity index (χ1v) is 11.8. The van der Waals surface area contributed by atoms with Crippen molar-refractivity contribution in [1.29, 1.82) is 0 Å². The number of hydrogen-bond donors (Lipinski definition) is 0. The van der Waals surface area contributed by atoms with Crippen molar-refractivity contribution in [1.82, 2.24) is 0 Å². The van der Waals surface area contributed by atoms with E-state index in [2.05, 4.69) is 85.5 Å². The fourth-order valence-corrected chi connectivity index (χ4v) is 9.57. The molecule has 0 aliphatic heterocycles. The number of benzene rings is 4. The Labute approximate surface area is 160 Å². The van der Waals surface area contributed by atoms with Gasteiger partial charge < -0.3 is 0 Å². The fourth-order valence-electron chi connectivity index (χ4n) is 4.12. The van der Waals surface area contributed by atoms with Gasteiger partial charge in [0.05, 0.1) is 0 Å². The second-order valence-electron chi connectivity index (χ2n) is 7.05. The van der Waals surface area contributed by atoms with Crippen molar-refractivity contribution >= 4 is 27.8 Å². The van der Waals surface area contributed by atoms with E-state index in [9.17, 15) is 4.39 Å². The molecule has 0 aliphatic rings. The van der Waals surface area contributed by atoms with Crippen molar-refractivity contribution in [2.75, 3.05) is 6.66 Å². The van der Waals surface area contributed by atoms with Crippen LogP contribution in [-0.2, 0) is 0 Å². The maximum atomic E-state index is 14.4. The minimum atomic E-state index is -3.09. The maximum absolute atomic E-state index is 14.4. The molecular weight excluding hydrogens is 350 g/mol. The van der Waals surface area contributed by atoms with Crippen LogP contribution in [0.2, 0.25) is 0 Å². The van der Waals surface area contributed by atoms with Crippen molar-refractivity contribution in [3.05, 3.63) is 121 Å². The third kappa shape index (κ3) is 2.62. The van der Waals surface area contributed by atoms with E-state index in [0.717, 1.165) is 5.30 Å². The summed E-state index contributed by atoms with van der Waals surface area (Å²) in [5.74, 6) is -0.203. The summed E-state index contributed by atoms with van der Waals surface area (Å²) in [5, 5.41) is 4.72. The average Bonchev–Trinajstić information content (AvgIpc) is 2.75. The van der Waals surface area contributed by atoms with E-state index in [4.69, 9.17) is 0 Å². The van der Waals surface area contributed by atoms with E-state index >= 15 is 0 Å². The normalized spacial score (nSPS) is 12.9. The van der Waals surface area contributed by atoms with Crippen LogP contribution in [0.1, 0.15) is 0 Å². The Kier molecular flexibility index (Phi) is 4.42. The van der Waals surface area contributed by atoms with Crippen LogP contribution < -0.4 is 21.2 Å².